The fourth-order valence-corrected chi connectivity index (χ4v) is 1.71. The number of hydrogen-bond acceptors (Lipinski definition) is 3. The summed E-state index contributed by atoms with van der Waals surface area (Å²) in [5, 5.41) is 13.6. The highest BCUT2D eigenvalue weighted by Crippen LogP contribution is 2.26. The number of aromatic nitrogens is 1. The van der Waals surface area contributed by atoms with E-state index in [-0.39, 0.29) is 12.3 Å². The third-order valence-corrected chi connectivity index (χ3v) is 2.45. The first-order valence-electron chi connectivity index (χ1n) is 5.18. The molecule has 0 aliphatic rings. The lowest BCUT2D eigenvalue weighted by atomic mass is 10.0. The van der Waals surface area contributed by atoms with Gasteiger partial charge in [-0.3, -0.25) is 4.79 Å². The van der Waals surface area contributed by atoms with E-state index in [1.165, 1.54) is 0 Å². The maximum atomic E-state index is 10.6. The number of carboxylic acids is 1. The second kappa shape index (κ2) is 3.96. The molecule has 2 aromatic rings. The minimum atomic E-state index is -0.832. The Kier molecular flexibility index (Phi) is 2.64. The molecule has 0 spiro atoms. The van der Waals surface area contributed by atoms with Crippen molar-refractivity contribution in [1.82, 2.24) is 5.16 Å². The van der Waals surface area contributed by atoms with Gasteiger partial charge in [0.05, 0.1) is 6.42 Å². The molecule has 0 fully saturated rings. The summed E-state index contributed by atoms with van der Waals surface area (Å²) in [5.74, 6) is 0.217. The first-order chi connectivity index (χ1) is 7.58. The molecule has 0 bridgehead atoms. The lowest BCUT2D eigenvalue weighted by Gasteiger charge is -2.00. The second-order valence-corrected chi connectivity index (χ2v) is 4.12. The monoisotopic (exact) mass is 219 g/mol. The van der Waals surface area contributed by atoms with Crippen molar-refractivity contribution < 1.29 is 14.4 Å². The van der Waals surface area contributed by atoms with Crippen LogP contribution in [-0.4, -0.2) is 16.2 Å². The van der Waals surface area contributed by atoms with Crippen molar-refractivity contribution in [3.8, 4) is 0 Å². The Morgan fingerprint density at radius 1 is 1.50 bits per heavy atom. The number of fused-ring (bicyclic) bond motifs is 1. The lowest BCUT2D eigenvalue weighted by Crippen LogP contribution is -1.99. The summed E-state index contributed by atoms with van der Waals surface area (Å²) in [6.45, 7) is 4.04. The van der Waals surface area contributed by atoms with E-state index < -0.39 is 5.97 Å². The molecule has 4 nitrogen and oxygen atoms in total. The summed E-state index contributed by atoms with van der Waals surface area (Å²) in [6.07, 6.45) is 0.0264. The summed E-state index contributed by atoms with van der Waals surface area (Å²) < 4.78 is 5.24. The van der Waals surface area contributed by atoms with Crippen LogP contribution < -0.4 is 0 Å². The fraction of sp³-hybridized carbons (Fsp3) is 0.333. The zero-order chi connectivity index (χ0) is 11.7. The van der Waals surface area contributed by atoms with Crippen LogP contribution in [0.1, 0.15) is 31.1 Å². The predicted octanol–water partition coefficient (Wildman–Crippen LogP) is 2.58. The van der Waals surface area contributed by atoms with Gasteiger partial charge in [-0.25, -0.2) is 0 Å². The van der Waals surface area contributed by atoms with Gasteiger partial charge in [0.25, 0.3) is 0 Å². The largest absolute Gasteiger partial charge is 0.481 e. The minimum Gasteiger partial charge on any atom is -0.481 e. The standard InChI is InChI=1S/C12H13NO3/c1-7(2)12-9-5-8(6-11(14)15)3-4-10(9)13-16-12/h3-5,7H,6H2,1-2H3,(H,14,15). The second-order valence-electron chi connectivity index (χ2n) is 4.12. The summed E-state index contributed by atoms with van der Waals surface area (Å²) in [6, 6.07) is 5.40. The van der Waals surface area contributed by atoms with E-state index >= 15 is 0 Å². The quantitative estimate of drug-likeness (QED) is 0.861. The fourth-order valence-electron chi connectivity index (χ4n) is 1.71. The van der Waals surface area contributed by atoms with Crippen LogP contribution in [0, 0.1) is 0 Å². The van der Waals surface area contributed by atoms with Crippen molar-refractivity contribution in [2.75, 3.05) is 0 Å². The summed E-state index contributed by atoms with van der Waals surface area (Å²) >= 11 is 0. The van der Waals surface area contributed by atoms with Gasteiger partial charge in [0.2, 0.25) is 0 Å². The molecule has 0 saturated heterocycles. The van der Waals surface area contributed by atoms with Gasteiger partial charge in [-0.1, -0.05) is 25.1 Å². The molecule has 1 aromatic heterocycles. The molecule has 16 heavy (non-hydrogen) atoms. The van der Waals surface area contributed by atoms with Crippen molar-refractivity contribution in [3.05, 3.63) is 29.5 Å². The van der Waals surface area contributed by atoms with Crippen LogP contribution in [0.2, 0.25) is 0 Å². The molecule has 0 unspecified atom stereocenters. The van der Waals surface area contributed by atoms with E-state index in [0.29, 0.717) is 0 Å². The van der Waals surface area contributed by atoms with Crippen molar-refractivity contribution in [3.63, 3.8) is 0 Å². The van der Waals surface area contributed by atoms with Gasteiger partial charge in [-0.05, 0) is 17.7 Å². The summed E-state index contributed by atoms with van der Waals surface area (Å²) in [5.41, 5.74) is 1.54. The Morgan fingerprint density at radius 2 is 2.25 bits per heavy atom. The van der Waals surface area contributed by atoms with Crippen molar-refractivity contribution in [1.29, 1.82) is 0 Å². The van der Waals surface area contributed by atoms with Crippen LogP contribution in [-0.2, 0) is 11.2 Å². The number of nitrogens with zero attached hydrogens (tertiary/aromatic N) is 1. The highest BCUT2D eigenvalue weighted by atomic mass is 16.5. The highest BCUT2D eigenvalue weighted by Gasteiger charge is 2.12. The average molecular weight is 219 g/mol. The summed E-state index contributed by atoms with van der Waals surface area (Å²) in [4.78, 5) is 10.6. The van der Waals surface area contributed by atoms with Gasteiger partial charge in [-0.15, -0.1) is 0 Å². The Hall–Kier alpha value is -1.84. The maximum Gasteiger partial charge on any atom is 0.307 e. The van der Waals surface area contributed by atoms with Gasteiger partial charge < -0.3 is 9.63 Å². The molecule has 1 N–H and O–H groups in total. The first-order valence-corrected chi connectivity index (χ1v) is 5.18. The Labute approximate surface area is 92.9 Å². The highest BCUT2D eigenvalue weighted by molar-refractivity contribution is 5.83. The Balaban J connectivity index is 2.50. The van der Waals surface area contributed by atoms with Crippen molar-refractivity contribution >= 4 is 16.9 Å². The van der Waals surface area contributed by atoms with Crippen molar-refractivity contribution in [2.24, 2.45) is 0 Å². The first kappa shape index (κ1) is 10.7. The van der Waals surface area contributed by atoms with Crippen LogP contribution in [0.15, 0.2) is 22.7 Å². The molecule has 0 saturated carbocycles. The number of carboxylic acid groups (broad SMARTS) is 1. The van der Waals surface area contributed by atoms with Crippen LogP contribution >= 0.6 is 0 Å². The Bertz CT molecular complexity index is 528. The van der Waals surface area contributed by atoms with E-state index in [2.05, 4.69) is 5.16 Å². The van der Waals surface area contributed by atoms with Crippen LogP contribution in [0.5, 0.6) is 0 Å². The minimum absolute atomic E-state index is 0.0264. The van der Waals surface area contributed by atoms with E-state index in [4.69, 9.17) is 9.63 Å². The number of hydrogen-bond donors (Lipinski definition) is 1. The van der Waals surface area contributed by atoms with E-state index in [0.717, 1.165) is 22.2 Å². The topological polar surface area (TPSA) is 63.3 Å². The molecular formula is C12H13NO3. The molecule has 1 heterocycles. The number of rotatable bonds is 3. The zero-order valence-electron chi connectivity index (χ0n) is 9.23. The van der Waals surface area contributed by atoms with E-state index in [1.807, 2.05) is 19.9 Å². The zero-order valence-corrected chi connectivity index (χ0v) is 9.23. The molecule has 0 aliphatic heterocycles. The molecule has 0 amide bonds. The van der Waals surface area contributed by atoms with Crippen LogP contribution in [0.4, 0.5) is 0 Å². The normalized spacial score (nSPS) is 11.2. The third-order valence-electron chi connectivity index (χ3n) is 2.45. The average Bonchev–Trinajstić information content (AvgIpc) is 2.59. The van der Waals surface area contributed by atoms with Gasteiger partial charge in [0.1, 0.15) is 11.3 Å². The van der Waals surface area contributed by atoms with Crippen LogP contribution in [0.25, 0.3) is 10.9 Å². The molecule has 2 rings (SSSR count). The van der Waals surface area contributed by atoms with Gasteiger partial charge in [0.15, 0.2) is 0 Å². The molecule has 1 aromatic carbocycles. The third kappa shape index (κ3) is 1.91. The summed E-state index contributed by atoms with van der Waals surface area (Å²) in [7, 11) is 0. The van der Waals surface area contributed by atoms with Gasteiger partial charge in [0, 0.05) is 11.3 Å². The molecule has 4 heteroatoms. The molecule has 0 atom stereocenters. The van der Waals surface area contributed by atoms with E-state index in [9.17, 15) is 4.79 Å². The number of aliphatic carboxylic acids is 1. The van der Waals surface area contributed by atoms with Gasteiger partial charge in [-0.2, -0.15) is 0 Å². The molecule has 84 valence electrons. The SMILES string of the molecule is CC(C)c1onc2ccc(CC(=O)O)cc12. The Morgan fingerprint density at radius 3 is 2.88 bits per heavy atom. The number of benzene rings is 1. The smallest absolute Gasteiger partial charge is 0.307 e. The lowest BCUT2D eigenvalue weighted by molar-refractivity contribution is -0.136. The number of carbonyl (C=O) groups is 1. The molecule has 0 radical (unpaired) electrons. The van der Waals surface area contributed by atoms with E-state index in [1.54, 1.807) is 12.1 Å². The van der Waals surface area contributed by atoms with Crippen LogP contribution in [0.3, 0.4) is 0 Å². The molecular weight excluding hydrogens is 206 g/mol. The predicted molar refractivity (Wildman–Crippen MR) is 59.4 cm³/mol. The maximum absolute atomic E-state index is 10.6. The molecule has 0 aliphatic carbocycles. The van der Waals surface area contributed by atoms with Crippen molar-refractivity contribution in [2.45, 2.75) is 26.2 Å². The van der Waals surface area contributed by atoms with Gasteiger partial charge >= 0.3 is 5.97 Å².